The topological polar surface area (TPSA) is 61.4 Å². The second-order valence-electron chi connectivity index (χ2n) is 6.56. The quantitative estimate of drug-likeness (QED) is 0.814. The highest BCUT2D eigenvalue weighted by Crippen LogP contribution is 2.58. The summed E-state index contributed by atoms with van der Waals surface area (Å²) in [5, 5.41) is 6.53. The van der Waals surface area contributed by atoms with Gasteiger partial charge in [-0.2, -0.15) is 0 Å². The van der Waals surface area contributed by atoms with Gasteiger partial charge >= 0.3 is 0 Å². The van der Waals surface area contributed by atoms with Crippen molar-refractivity contribution >= 4 is 24.2 Å². The zero-order chi connectivity index (χ0) is 14.2. The second kappa shape index (κ2) is 6.53. The van der Waals surface area contributed by atoms with Gasteiger partial charge in [-0.25, -0.2) is 0 Å². The third-order valence-electron chi connectivity index (χ3n) is 5.30. The van der Waals surface area contributed by atoms with E-state index in [9.17, 15) is 9.59 Å². The van der Waals surface area contributed by atoms with Crippen LogP contribution in [0.2, 0.25) is 0 Å². The summed E-state index contributed by atoms with van der Waals surface area (Å²) in [6.45, 7) is 5.47. The molecule has 1 spiro atoms. The molecule has 2 amide bonds. The lowest BCUT2D eigenvalue weighted by Gasteiger charge is -2.23. The first-order valence-corrected chi connectivity index (χ1v) is 7.93. The van der Waals surface area contributed by atoms with Crippen LogP contribution in [0.25, 0.3) is 0 Å². The maximum absolute atomic E-state index is 12.3. The molecule has 0 bridgehead atoms. The summed E-state index contributed by atoms with van der Waals surface area (Å²) in [5.74, 6) is 0.645. The Kier molecular flexibility index (Phi) is 5.15. The number of rotatable bonds is 3. The Bertz CT molecular complexity index is 410. The molecule has 2 aliphatic heterocycles. The molecule has 2 saturated heterocycles. The predicted octanol–water partition coefficient (Wildman–Crippen LogP) is 0.925. The van der Waals surface area contributed by atoms with Crippen molar-refractivity contribution in [2.45, 2.75) is 45.1 Å². The van der Waals surface area contributed by atoms with E-state index in [1.807, 2.05) is 11.8 Å². The van der Waals surface area contributed by atoms with Crippen molar-refractivity contribution in [3.8, 4) is 0 Å². The van der Waals surface area contributed by atoms with E-state index in [-0.39, 0.29) is 36.2 Å². The first-order chi connectivity index (χ1) is 9.64. The molecular formula is C15H26ClN3O2. The van der Waals surface area contributed by atoms with Gasteiger partial charge in [0.25, 0.3) is 0 Å². The Morgan fingerprint density at radius 3 is 2.71 bits per heavy atom. The van der Waals surface area contributed by atoms with E-state index in [1.165, 1.54) is 0 Å². The molecule has 0 aromatic rings. The Balaban J connectivity index is 0.00000161. The van der Waals surface area contributed by atoms with Crippen LogP contribution in [-0.4, -0.2) is 48.9 Å². The highest BCUT2D eigenvalue weighted by atomic mass is 35.5. The number of nitrogens with zero attached hydrogens (tertiary/aromatic N) is 1. The van der Waals surface area contributed by atoms with Crippen LogP contribution in [0.4, 0.5) is 0 Å². The number of hydrogen-bond acceptors (Lipinski definition) is 3. The van der Waals surface area contributed by atoms with Crippen LogP contribution in [0.5, 0.6) is 0 Å². The molecule has 3 rings (SSSR count). The van der Waals surface area contributed by atoms with E-state index in [0.29, 0.717) is 18.4 Å². The van der Waals surface area contributed by atoms with Crippen molar-refractivity contribution < 1.29 is 9.59 Å². The summed E-state index contributed by atoms with van der Waals surface area (Å²) in [5.41, 5.74) is 0.298. The van der Waals surface area contributed by atoms with Gasteiger partial charge < -0.3 is 15.5 Å². The largest absolute Gasteiger partial charge is 0.351 e. The summed E-state index contributed by atoms with van der Waals surface area (Å²) in [4.78, 5) is 25.9. The van der Waals surface area contributed by atoms with E-state index in [2.05, 4.69) is 10.6 Å². The number of piperidine rings is 1. The fourth-order valence-corrected chi connectivity index (χ4v) is 3.83. The van der Waals surface area contributed by atoms with Gasteiger partial charge in [-0.3, -0.25) is 9.59 Å². The Morgan fingerprint density at radius 2 is 2.05 bits per heavy atom. The first-order valence-electron chi connectivity index (χ1n) is 7.93. The molecule has 120 valence electrons. The van der Waals surface area contributed by atoms with E-state index in [1.54, 1.807) is 0 Å². The molecule has 2 N–H and O–H groups in total. The zero-order valence-corrected chi connectivity index (χ0v) is 13.5. The normalized spacial score (nSPS) is 29.9. The summed E-state index contributed by atoms with van der Waals surface area (Å²) in [7, 11) is 0. The van der Waals surface area contributed by atoms with Crippen LogP contribution < -0.4 is 10.6 Å². The Hall–Kier alpha value is -0.810. The molecule has 2 atom stereocenters. The molecule has 5 nitrogen and oxygen atoms in total. The molecule has 1 saturated carbocycles. The average Bonchev–Trinajstić information content (AvgIpc) is 2.95. The lowest BCUT2D eigenvalue weighted by atomic mass is 9.91. The Labute approximate surface area is 132 Å². The molecule has 0 radical (unpaired) electrons. The third-order valence-corrected chi connectivity index (χ3v) is 5.30. The lowest BCUT2D eigenvalue weighted by Crippen LogP contribution is -2.40. The highest BCUT2D eigenvalue weighted by molar-refractivity contribution is 5.85. The molecule has 0 aromatic carbocycles. The van der Waals surface area contributed by atoms with Crippen LogP contribution >= 0.6 is 12.4 Å². The maximum atomic E-state index is 12.3. The third kappa shape index (κ3) is 3.34. The monoisotopic (exact) mass is 315 g/mol. The number of likely N-dealkylation sites (tertiary alicyclic amines) is 1. The van der Waals surface area contributed by atoms with Crippen LogP contribution in [0.15, 0.2) is 0 Å². The summed E-state index contributed by atoms with van der Waals surface area (Å²) < 4.78 is 0. The fourth-order valence-electron chi connectivity index (χ4n) is 3.83. The second-order valence-corrected chi connectivity index (χ2v) is 6.56. The van der Waals surface area contributed by atoms with E-state index >= 15 is 0 Å². The van der Waals surface area contributed by atoms with Gasteiger partial charge in [-0.15, -0.1) is 12.4 Å². The zero-order valence-electron chi connectivity index (χ0n) is 12.7. The number of carbonyl (C=O) groups excluding carboxylic acids is 2. The van der Waals surface area contributed by atoms with Crippen molar-refractivity contribution in [2.75, 3.05) is 26.2 Å². The maximum Gasteiger partial charge on any atom is 0.223 e. The SMILES string of the molecule is CCC(=O)N1CCC(NC(=O)C2CC23CCNCC3)C1.Cl. The minimum atomic E-state index is 0. The molecule has 3 fully saturated rings. The summed E-state index contributed by atoms with van der Waals surface area (Å²) >= 11 is 0. The predicted molar refractivity (Wildman–Crippen MR) is 83.3 cm³/mol. The highest BCUT2D eigenvalue weighted by Gasteiger charge is 2.57. The Morgan fingerprint density at radius 1 is 1.33 bits per heavy atom. The number of amides is 2. The molecule has 2 unspecified atom stereocenters. The van der Waals surface area contributed by atoms with Crippen molar-refractivity contribution in [1.29, 1.82) is 0 Å². The van der Waals surface area contributed by atoms with E-state index in [0.717, 1.165) is 45.3 Å². The fraction of sp³-hybridized carbons (Fsp3) is 0.867. The van der Waals surface area contributed by atoms with Gasteiger partial charge in [-0.05, 0) is 44.2 Å². The van der Waals surface area contributed by atoms with Crippen LogP contribution in [0.3, 0.4) is 0 Å². The van der Waals surface area contributed by atoms with Crippen LogP contribution in [-0.2, 0) is 9.59 Å². The number of nitrogens with one attached hydrogen (secondary N) is 2. The van der Waals surface area contributed by atoms with Gasteiger partial charge in [-0.1, -0.05) is 6.92 Å². The molecule has 2 heterocycles. The summed E-state index contributed by atoms with van der Waals surface area (Å²) in [6.07, 6.45) is 4.79. The minimum absolute atomic E-state index is 0. The van der Waals surface area contributed by atoms with Gasteiger partial charge in [0.1, 0.15) is 0 Å². The average molecular weight is 316 g/mol. The van der Waals surface area contributed by atoms with Gasteiger partial charge in [0.2, 0.25) is 11.8 Å². The first kappa shape index (κ1) is 16.6. The van der Waals surface area contributed by atoms with Crippen LogP contribution in [0, 0.1) is 11.3 Å². The lowest BCUT2D eigenvalue weighted by molar-refractivity contribution is -0.130. The number of halogens is 1. The molecule has 6 heteroatoms. The standard InChI is InChI=1S/C15H25N3O2.ClH/c1-2-13(19)18-8-3-11(10-18)17-14(20)12-9-15(12)4-6-16-7-5-15;/h11-12,16H,2-10H2,1H3,(H,17,20);1H. The molecule has 1 aliphatic carbocycles. The van der Waals surface area contributed by atoms with Crippen molar-refractivity contribution in [3.05, 3.63) is 0 Å². The summed E-state index contributed by atoms with van der Waals surface area (Å²) in [6, 6.07) is 0.164. The van der Waals surface area contributed by atoms with Gasteiger partial charge in [0.05, 0.1) is 0 Å². The number of carbonyl (C=O) groups is 2. The molecule has 21 heavy (non-hydrogen) atoms. The van der Waals surface area contributed by atoms with Crippen molar-refractivity contribution in [3.63, 3.8) is 0 Å². The molecular weight excluding hydrogens is 290 g/mol. The van der Waals surface area contributed by atoms with Gasteiger partial charge in [0, 0.05) is 31.5 Å². The van der Waals surface area contributed by atoms with Crippen molar-refractivity contribution in [1.82, 2.24) is 15.5 Å². The van der Waals surface area contributed by atoms with Crippen LogP contribution in [0.1, 0.15) is 39.0 Å². The molecule has 3 aliphatic rings. The van der Waals surface area contributed by atoms with E-state index in [4.69, 9.17) is 0 Å². The van der Waals surface area contributed by atoms with Gasteiger partial charge in [0.15, 0.2) is 0 Å². The smallest absolute Gasteiger partial charge is 0.223 e. The minimum Gasteiger partial charge on any atom is -0.351 e. The number of hydrogen-bond donors (Lipinski definition) is 2. The van der Waals surface area contributed by atoms with E-state index < -0.39 is 0 Å². The molecule has 0 aromatic heterocycles. The van der Waals surface area contributed by atoms with Crippen molar-refractivity contribution in [2.24, 2.45) is 11.3 Å².